The normalized spacial score (nSPS) is 27.1. The molecule has 2 saturated heterocycles. The van der Waals surface area contributed by atoms with E-state index in [4.69, 9.17) is 4.74 Å². The fraction of sp³-hybridized carbons (Fsp3) is 0.800. The zero-order valence-electron chi connectivity index (χ0n) is 8.41. The van der Waals surface area contributed by atoms with E-state index >= 15 is 0 Å². The lowest BCUT2D eigenvalue weighted by Gasteiger charge is -2.41. The fourth-order valence-corrected chi connectivity index (χ4v) is 2.16. The predicted molar refractivity (Wildman–Crippen MR) is 49.8 cm³/mol. The van der Waals surface area contributed by atoms with Crippen molar-refractivity contribution in [3.05, 3.63) is 0 Å². The van der Waals surface area contributed by atoms with Gasteiger partial charge in [0.05, 0.1) is 13.0 Å². The number of rotatable bonds is 1. The van der Waals surface area contributed by atoms with E-state index in [-0.39, 0.29) is 23.7 Å². The first-order valence-corrected chi connectivity index (χ1v) is 5.02. The van der Waals surface area contributed by atoms with E-state index in [1.807, 2.05) is 6.92 Å². The molecule has 0 N–H and O–H groups in total. The van der Waals surface area contributed by atoms with Crippen LogP contribution in [0.3, 0.4) is 0 Å². The van der Waals surface area contributed by atoms with Crippen LogP contribution in [0.1, 0.15) is 26.2 Å². The Labute approximate surface area is 83.2 Å². The highest BCUT2D eigenvalue weighted by atomic mass is 16.5. The Morgan fingerprint density at radius 3 is 2.43 bits per heavy atom. The van der Waals surface area contributed by atoms with Crippen molar-refractivity contribution in [2.24, 2.45) is 0 Å². The molecule has 1 amide bonds. The second-order valence-corrected chi connectivity index (χ2v) is 4.30. The summed E-state index contributed by atoms with van der Waals surface area (Å²) in [6.45, 7) is 3.73. The van der Waals surface area contributed by atoms with E-state index in [1.54, 1.807) is 4.90 Å². The quantitative estimate of drug-likeness (QED) is 0.570. The van der Waals surface area contributed by atoms with Crippen LogP contribution in [0.5, 0.6) is 0 Å². The average Bonchev–Trinajstić information content (AvgIpc) is 2.47. The molecule has 2 aliphatic rings. The summed E-state index contributed by atoms with van der Waals surface area (Å²) in [5.41, 5.74) is -0.151. The smallest absolute Gasteiger partial charge is 0.230 e. The maximum absolute atomic E-state index is 11.6. The number of amides is 1. The standard InChI is InChI=1S/C10H15NO3/c1-10(2-4-14-5-3-10)11-7-8(12)6-9(11)13/h2-7H2,1H3. The third-order valence-electron chi connectivity index (χ3n) is 3.21. The van der Waals surface area contributed by atoms with Crippen molar-refractivity contribution in [2.45, 2.75) is 31.7 Å². The Morgan fingerprint density at radius 2 is 1.93 bits per heavy atom. The number of Topliss-reactive ketones (excluding diaryl/α,β-unsaturated/α-hetero) is 1. The Kier molecular flexibility index (Phi) is 2.31. The van der Waals surface area contributed by atoms with Gasteiger partial charge in [-0.1, -0.05) is 0 Å². The number of ether oxygens (including phenoxy) is 1. The Balaban J connectivity index is 2.12. The summed E-state index contributed by atoms with van der Waals surface area (Å²) < 4.78 is 5.26. The van der Waals surface area contributed by atoms with Gasteiger partial charge in [-0.25, -0.2) is 0 Å². The molecular formula is C10H15NO3. The molecular weight excluding hydrogens is 182 g/mol. The van der Waals surface area contributed by atoms with Crippen molar-refractivity contribution in [1.82, 2.24) is 4.90 Å². The summed E-state index contributed by atoms with van der Waals surface area (Å²) in [6, 6.07) is 0. The van der Waals surface area contributed by atoms with Crippen LogP contribution in [0.25, 0.3) is 0 Å². The lowest BCUT2D eigenvalue weighted by Crippen LogP contribution is -2.50. The molecule has 2 fully saturated rings. The van der Waals surface area contributed by atoms with E-state index in [2.05, 4.69) is 0 Å². The van der Waals surface area contributed by atoms with Gasteiger partial charge in [-0.2, -0.15) is 0 Å². The lowest BCUT2D eigenvalue weighted by molar-refractivity contribution is -0.136. The van der Waals surface area contributed by atoms with E-state index in [9.17, 15) is 9.59 Å². The second kappa shape index (κ2) is 3.35. The largest absolute Gasteiger partial charge is 0.381 e. The van der Waals surface area contributed by atoms with Gasteiger partial charge in [0, 0.05) is 18.8 Å². The topological polar surface area (TPSA) is 46.6 Å². The number of likely N-dealkylation sites (tertiary alicyclic amines) is 1. The van der Waals surface area contributed by atoms with Crippen molar-refractivity contribution in [3.8, 4) is 0 Å². The zero-order valence-corrected chi connectivity index (χ0v) is 8.41. The van der Waals surface area contributed by atoms with Gasteiger partial charge in [0.2, 0.25) is 5.91 Å². The Hall–Kier alpha value is -0.900. The van der Waals surface area contributed by atoms with Crippen LogP contribution in [-0.2, 0) is 14.3 Å². The van der Waals surface area contributed by atoms with Crippen LogP contribution in [-0.4, -0.2) is 41.9 Å². The monoisotopic (exact) mass is 197 g/mol. The van der Waals surface area contributed by atoms with Crippen LogP contribution >= 0.6 is 0 Å². The van der Waals surface area contributed by atoms with Crippen LogP contribution in [0.2, 0.25) is 0 Å². The first-order valence-electron chi connectivity index (χ1n) is 5.02. The molecule has 14 heavy (non-hydrogen) atoms. The van der Waals surface area contributed by atoms with E-state index in [1.165, 1.54) is 0 Å². The van der Waals surface area contributed by atoms with Gasteiger partial charge in [-0.3, -0.25) is 9.59 Å². The van der Waals surface area contributed by atoms with Crippen molar-refractivity contribution >= 4 is 11.7 Å². The summed E-state index contributed by atoms with van der Waals surface area (Å²) in [6.07, 6.45) is 1.77. The molecule has 4 heteroatoms. The van der Waals surface area contributed by atoms with E-state index in [0.717, 1.165) is 12.8 Å². The Morgan fingerprint density at radius 1 is 1.29 bits per heavy atom. The molecule has 0 aliphatic carbocycles. The molecule has 0 bridgehead atoms. The molecule has 0 aromatic carbocycles. The number of hydrogen-bond acceptors (Lipinski definition) is 3. The Bertz CT molecular complexity index is 269. The van der Waals surface area contributed by atoms with Crippen molar-refractivity contribution in [2.75, 3.05) is 19.8 Å². The van der Waals surface area contributed by atoms with Crippen molar-refractivity contribution in [3.63, 3.8) is 0 Å². The first-order chi connectivity index (χ1) is 6.62. The highest BCUT2D eigenvalue weighted by molar-refractivity contribution is 6.05. The third-order valence-corrected chi connectivity index (χ3v) is 3.21. The van der Waals surface area contributed by atoms with Gasteiger partial charge in [0.25, 0.3) is 0 Å². The molecule has 0 saturated carbocycles. The molecule has 2 aliphatic heterocycles. The maximum Gasteiger partial charge on any atom is 0.230 e. The summed E-state index contributed by atoms with van der Waals surface area (Å²) in [4.78, 5) is 24.4. The number of ketones is 1. The van der Waals surface area contributed by atoms with Crippen molar-refractivity contribution in [1.29, 1.82) is 0 Å². The molecule has 0 aromatic rings. The van der Waals surface area contributed by atoms with Gasteiger partial charge in [-0.05, 0) is 19.8 Å². The third kappa shape index (κ3) is 1.54. The molecule has 0 aromatic heterocycles. The first kappa shape index (κ1) is 9.65. The summed E-state index contributed by atoms with van der Waals surface area (Å²) >= 11 is 0. The fourth-order valence-electron chi connectivity index (χ4n) is 2.16. The second-order valence-electron chi connectivity index (χ2n) is 4.30. The molecule has 4 nitrogen and oxygen atoms in total. The summed E-state index contributed by atoms with van der Waals surface area (Å²) in [5.74, 6) is 0.0297. The molecule has 0 spiro atoms. The highest BCUT2D eigenvalue weighted by Crippen LogP contribution is 2.30. The average molecular weight is 197 g/mol. The van der Waals surface area contributed by atoms with Gasteiger partial charge >= 0.3 is 0 Å². The predicted octanol–water partition coefficient (Wildman–Crippen LogP) is 0.357. The zero-order chi connectivity index (χ0) is 10.2. The molecule has 0 unspecified atom stereocenters. The highest BCUT2D eigenvalue weighted by Gasteiger charge is 2.41. The lowest BCUT2D eigenvalue weighted by atomic mass is 9.90. The molecule has 2 heterocycles. The van der Waals surface area contributed by atoms with E-state index in [0.29, 0.717) is 19.8 Å². The minimum atomic E-state index is -0.151. The SMILES string of the molecule is CC1(N2CC(=O)CC2=O)CCOCC1. The van der Waals surface area contributed by atoms with Crippen LogP contribution in [0.4, 0.5) is 0 Å². The van der Waals surface area contributed by atoms with Gasteiger partial charge in [0.15, 0.2) is 5.78 Å². The van der Waals surface area contributed by atoms with Crippen LogP contribution < -0.4 is 0 Å². The molecule has 0 atom stereocenters. The number of carbonyl (C=O) groups is 2. The maximum atomic E-state index is 11.6. The summed E-state index contributed by atoms with van der Waals surface area (Å²) in [5, 5.41) is 0. The van der Waals surface area contributed by atoms with Gasteiger partial charge < -0.3 is 9.64 Å². The van der Waals surface area contributed by atoms with E-state index < -0.39 is 0 Å². The van der Waals surface area contributed by atoms with Crippen LogP contribution in [0.15, 0.2) is 0 Å². The minimum Gasteiger partial charge on any atom is -0.381 e. The number of carbonyl (C=O) groups excluding carboxylic acids is 2. The number of nitrogens with zero attached hydrogens (tertiary/aromatic N) is 1. The molecule has 0 radical (unpaired) electrons. The molecule has 2 rings (SSSR count). The van der Waals surface area contributed by atoms with Gasteiger partial charge in [-0.15, -0.1) is 0 Å². The summed E-state index contributed by atoms with van der Waals surface area (Å²) in [7, 11) is 0. The molecule has 78 valence electrons. The minimum absolute atomic E-state index is 0.0144. The van der Waals surface area contributed by atoms with Crippen LogP contribution in [0, 0.1) is 0 Å². The van der Waals surface area contributed by atoms with Crippen molar-refractivity contribution < 1.29 is 14.3 Å². The number of hydrogen-bond donors (Lipinski definition) is 0. The van der Waals surface area contributed by atoms with Gasteiger partial charge in [0.1, 0.15) is 0 Å².